The summed E-state index contributed by atoms with van der Waals surface area (Å²) >= 11 is 4.93. The summed E-state index contributed by atoms with van der Waals surface area (Å²) in [6.07, 6.45) is -0.704. The average molecular weight is 645 g/mol. The fourth-order valence-corrected chi connectivity index (χ4v) is 8.28. The molecule has 226 valence electrons. The van der Waals surface area contributed by atoms with Crippen molar-refractivity contribution in [3.05, 3.63) is 101 Å². The lowest BCUT2D eigenvalue weighted by molar-refractivity contribution is 0.145. The van der Waals surface area contributed by atoms with Gasteiger partial charge in [-0.2, -0.15) is 0 Å². The van der Waals surface area contributed by atoms with Gasteiger partial charge in [0, 0.05) is 21.8 Å². The predicted molar refractivity (Wildman–Crippen MR) is 177 cm³/mol. The molecule has 0 saturated carbocycles. The van der Waals surface area contributed by atoms with Crippen LogP contribution in [0, 0.1) is 0 Å². The van der Waals surface area contributed by atoms with Gasteiger partial charge >= 0.3 is 0 Å². The first-order valence-corrected chi connectivity index (χ1v) is 19.8. The van der Waals surface area contributed by atoms with Crippen molar-refractivity contribution >= 4 is 52.2 Å². The number of para-hydroxylation sites is 1. The summed E-state index contributed by atoms with van der Waals surface area (Å²) in [4.78, 5) is 0.160. The van der Waals surface area contributed by atoms with Gasteiger partial charge < -0.3 is 8.98 Å². The second-order valence-corrected chi connectivity index (χ2v) is 22.0. The van der Waals surface area contributed by atoms with Crippen molar-refractivity contribution in [2.45, 2.75) is 81.5 Å². The number of halogens is 1. The van der Waals surface area contributed by atoms with E-state index >= 15 is 0 Å². The summed E-state index contributed by atoms with van der Waals surface area (Å²) in [6.45, 7) is 16.4. The minimum absolute atomic E-state index is 0.152. The van der Waals surface area contributed by atoms with Gasteiger partial charge in [0.1, 0.15) is 10.8 Å². The number of fused-ring (bicyclic) bond motifs is 1. The minimum atomic E-state index is -4.06. The zero-order chi connectivity index (χ0) is 31.1. The molecule has 0 aliphatic carbocycles. The van der Waals surface area contributed by atoms with Crippen molar-refractivity contribution in [2.24, 2.45) is 0 Å². The molecular weight excluding hydrogens is 604 g/mol. The first-order valence-electron chi connectivity index (χ1n) is 14.0. The number of benzene rings is 3. The second kappa shape index (κ2) is 12.1. The second-order valence-electron chi connectivity index (χ2n) is 13.0. The van der Waals surface area contributed by atoms with Crippen molar-refractivity contribution < 1.29 is 17.4 Å². The lowest BCUT2D eigenvalue weighted by Crippen LogP contribution is -2.48. The van der Waals surface area contributed by atoms with Gasteiger partial charge in [-0.25, -0.2) is 12.4 Å². The Labute approximate surface area is 259 Å². The summed E-state index contributed by atoms with van der Waals surface area (Å²) < 4.78 is 53.8. The molecule has 10 heteroatoms. The molecule has 3 aromatic carbocycles. The van der Waals surface area contributed by atoms with E-state index in [4.69, 9.17) is 16.0 Å². The molecule has 42 heavy (non-hydrogen) atoms. The lowest BCUT2D eigenvalue weighted by Gasteiger charge is -2.42. The molecule has 0 aliphatic heterocycles. The first-order chi connectivity index (χ1) is 19.4. The normalized spacial score (nSPS) is 15.5. The highest BCUT2D eigenvalue weighted by atomic mass is 35.5. The van der Waals surface area contributed by atoms with Gasteiger partial charge in [0.25, 0.3) is 10.0 Å². The lowest BCUT2D eigenvalue weighted by atomic mass is 10.0. The first kappa shape index (κ1) is 32.8. The van der Waals surface area contributed by atoms with E-state index in [1.54, 1.807) is 42.5 Å². The van der Waals surface area contributed by atoms with Gasteiger partial charge in [-0.15, -0.1) is 4.72 Å². The predicted octanol–water partition coefficient (Wildman–Crippen LogP) is 8.39. The smallest absolute Gasteiger partial charge is 0.268 e. The van der Waals surface area contributed by atoms with E-state index in [-0.39, 0.29) is 9.93 Å². The molecule has 0 amide bonds. The van der Waals surface area contributed by atoms with Crippen molar-refractivity contribution in [3.63, 3.8) is 0 Å². The van der Waals surface area contributed by atoms with E-state index in [1.807, 2.05) is 63.2 Å². The van der Waals surface area contributed by atoms with Crippen LogP contribution in [0.4, 0.5) is 0 Å². The largest absolute Gasteiger partial charge is 0.598 e. The topological polar surface area (TPSA) is 83.4 Å². The highest BCUT2D eigenvalue weighted by molar-refractivity contribution is 7.91. The average Bonchev–Trinajstić information content (AvgIpc) is 3.30. The van der Waals surface area contributed by atoms with Crippen LogP contribution in [0.5, 0.6) is 0 Å². The Morgan fingerprint density at radius 2 is 1.52 bits per heavy atom. The van der Waals surface area contributed by atoms with E-state index in [9.17, 15) is 13.0 Å². The van der Waals surface area contributed by atoms with Crippen LogP contribution < -0.4 is 4.72 Å². The molecule has 1 N–H and O–H groups in total. The van der Waals surface area contributed by atoms with Crippen LogP contribution in [0.1, 0.15) is 64.9 Å². The molecule has 4 aromatic rings. The number of hydrogen-bond acceptors (Lipinski definition) is 5. The van der Waals surface area contributed by atoms with Gasteiger partial charge in [-0.3, -0.25) is 0 Å². The quantitative estimate of drug-likeness (QED) is 0.146. The Morgan fingerprint density at radius 1 is 0.905 bits per heavy atom. The molecule has 0 unspecified atom stereocenters. The molecule has 1 aromatic heterocycles. The van der Waals surface area contributed by atoms with Crippen molar-refractivity contribution in [1.29, 1.82) is 0 Å². The van der Waals surface area contributed by atoms with Crippen LogP contribution in [0.15, 0.2) is 89.8 Å². The Kier molecular flexibility index (Phi) is 9.46. The summed E-state index contributed by atoms with van der Waals surface area (Å²) in [5.74, 6) is 0. The molecule has 0 spiro atoms. The van der Waals surface area contributed by atoms with E-state index in [1.165, 1.54) is 3.97 Å². The summed E-state index contributed by atoms with van der Waals surface area (Å²) in [7, 11) is -6.53. The Bertz CT molecular complexity index is 1640. The molecule has 4 rings (SSSR count). The Morgan fingerprint density at radius 3 is 2.12 bits per heavy atom. The fourth-order valence-electron chi connectivity index (χ4n) is 4.41. The monoisotopic (exact) mass is 644 g/mol. The van der Waals surface area contributed by atoms with Gasteiger partial charge in [-0.1, -0.05) is 80.9 Å². The molecule has 0 bridgehead atoms. The molecule has 3 atom stereocenters. The van der Waals surface area contributed by atoms with Gasteiger partial charge in [0.05, 0.1) is 22.2 Å². The van der Waals surface area contributed by atoms with Crippen molar-refractivity contribution in [3.8, 4) is 0 Å². The van der Waals surface area contributed by atoms with E-state index in [0.717, 1.165) is 10.9 Å². The third-order valence-electron chi connectivity index (χ3n) is 7.79. The van der Waals surface area contributed by atoms with E-state index in [2.05, 4.69) is 38.6 Å². The SMILES string of the molecule is CC(C)(C)[S@@+]([O-])N[C@H](c1cc2ccccc2n1S(=O)(=O)c1ccccc1)[C@H](O[Si](C)(C)C(C)(C)C)c1cccc(Cl)c1. The van der Waals surface area contributed by atoms with Crippen LogP contribution in [0.25, 0.3) is 10.9 Å². The third kappa shape index (κ3) is 6.83. The fraction of sp³-hybridized carbons (Fsp3) is 0.375. The van der Waals surface area contributed by atoms with Gasteiger partial charge in [0.15, 0.2) is 8.32 Å². The van der Waals surface area contributed by atoms with E-state index < -0.39 is 46.6 Å². The maximum atomic E-state index is 14.4. The molecule has 0 saturated heterocycles. The molecule has 0 fully saturated rings. The highest BCUT2D eigenvalue weighted by Crippen LogP contribution is 2.45. The summed E-state index contributed by atoms with van der Waals surface area (Å²) in [5.41, 5.74) is 1.73. The standard InChI is InChI=1S/C32H41ClN2O4S2Si/c1-31(2,3)40(36)34-29(30(24-16-14-17-25(33)21-24)39-42(7,8)32(4,5)6)28-22-23-15-12-13-20-27(23)35(28)41(37,38)26-18-10-9-11-19-26/h9-22,29-30,34H,1-8H3/t29-,30-,40-/m1/s1. The van der Waals surface area contributed by atoms with Crippen LogP contribution >= 0.6 is 11.6 Å². The highest BCUT2D eigenvalue weighted by Gasteiger charge is 2.45. The van der Waals surface area contributed by atoms with Crippen LogP contribution in [-0.2, 0) is 25.8 Å². The third-order valence-corrected chi connectivity index (χ3v) is 15.8. The van der Waals surface area contributed by atoms with Crippen LogP contribution in [0.3, 0.4) is 0 Å². The Balaban J connectivity index is 2.06. The summed E-state index contributed by atoms with van der Waals surface area (Å²) in [5, 5.41) is 1.13. The molecule has 6 nitrogen and oxygen atoms in total. The van der Waals surface area contributed by atoms with Crippen LogP contribution in [0.2, 0.25) is 23.2 Å². The number of rotatable bonds is 9. The number of nitrogens with one attached hydrogen (secondary N) is 1. The van der Waals surface area contributed by atoms with Crippen LogP contribution in [-0.4, -0.2) is 30.0 Å². The number of hydrogen-bond donors (Lipinski definition) is 1. The molecule has 0 aliphatic rings. The molecular formula is C32H41ClN2O4S2Si. The van der Waals surface area contributed by atoms with Crippen molar-refractivity contribution in [2.75, 3.05) is 0 Å². The van der Waals surface area contributed by atoms with Crippen molar-refractivity contribution in [1.82, 2.24) is 8.69 Å². The Hall–Kier alpha value is -2.11. The van der Waals surface area contributed by atoms with E-state index in [0.29, 0.717) is 16.2 Å². The zero-order valence-corrected chi connectivity index (χ0v) is 28.9. The van der Waals surface area contributed by atoms with Gasteiger partial charge in [-0.05, 0) is 80.9 Å². The molecule has 0 radical (unpaired) electrons. The zero-order valence-electron chi connectivity index (χ0n) is 25.5. The maximum absolute atomic E-state index is 14.4. The maximum Gasteiger partial charge on any atom is 0.268 e. The number of nitrogens with zero attached hydrogens (tertiary/aromatic N) is 1. The summed E-state index contributed by atoms with van der Waals surface area (Å²) in [6, 6.07) is 24.2. The number of aromatic nitrogens is 1. The van der Waals surface area contributed by atoms with Gasteiger partial charge in [0.2, 0.25) is 0 Å². The minimum Gasteiger partial charge on any atom is -0.598 e. The molecule has 1 heterocycles.